The second-order valence-corrected chi connectivity index (χ2v) is 7.37. The van der Waals surface area contributed by atoms with Gasteiger partial charge in [-0.2, -0.15) is 0 Å². The summed E-state index contributed by atoms with van der Waals surface area (Å²) in [6.07, 6.45) is 0.594. The highest BCUT2D eigenvalue weighted by Crippen LogP contribution is 2.24. The second-order valence-electron chi connectivity index (χ2n) is 6.52. The average Bonchev–Trinajstić information content (AvgIpc) is 3.13. The highest BCUT2D eigenvalue weighted by molar-refractivity contribution is 7.13. The van der Waals surface area contributed by atoms with Crippen LogP contribution in [-0.4, -0.2) is 23.5 Å². The van der Waals surface area contributed by atoms with E-state index in [0.29, 0.717) is 18.7 Å². The van der Waals surface area contributed by atoms with Crippen molar-refractivity contribution in [3.05, 3.63) is 64.9 Å². The average molecular weight is 412 g/mol. The van der Waals surface area contributed by atoms with E-state index in [2.05, 4.69) is 33.1 Å². The first-order valence-electron chi connectivity index (χ1n) is 9.04. The maximum Gasteiger partial charge on any atom is 0.319 e. The minimum Gasteiger partial charge on any atom is -0.337 e. The first kappa shape index (κ1) is 20.5. The third kappa shape index (κ3) is 5.86. The Hall–Kier alpha value is -3.26. The topological polar surface area (TPSA) is 83.1 Å². The third-order valence-electron chi connectivity index (χ3n) is 4.05. The van der Waals surface area contributed by atoms with E-state index in [1.165, 1.54) is 30.7 Å². The molecule has 3 amide bonds. The summed E-state index contributed by atoms with van der Waals surface area (Å²) in [7, 11) is 0. The third-order valence-corrected chi connectivity index (χ3v) is 4.99. The fourth-order valence-electron chi connectivity index (χ4n) is 2.62. The first-order valence-corrected chi connectivity index (χ1v) is 9.92. The van der Waals surface area contributed by atoms with Crippen LogP contribution < -0.4 is 16.0 Å². The molecule has 2 aromatic carbocycles. The van der Waals surface area contributed by atoms with Gasteiger partial charge in [0.05, 0.1) is 11.4 Å². The van der Waals surface area contributed by atoms with Gasteiger partial charge in [-0.25, -0.2) is 14.2 Å². The molecule has 0 aliphatic heterocycles. The van der Waals surface area contributed by atoms with E-state index >= 15 is 0 Å². The van der Waals surface area contributed by atoms with Gasteiger partial charge >= 0.3 is 6.03 Å². The molecule has 150 valence electrons. The SMILES string of the molecule is CC(=O)Nc1cc(NC(=O)NCCc2csc(-c3ccc(C)cc3)n2)ccc1F. The van der Waals surface area contributed by atoms with Gasteiger partial charge in [0, 0.05) is 36.5 Å². The molecular formula is C21H21FN4O2S. The van der Waals surface area contributed by atoms with Crippen LogP contribution in [0.15, 0.2) is 47.8 Å². The summed E-state index contributed by atoms with van der Waals surface area (Å²) in [6, 6.07) is 11.7. The number of hydrogen-bond donors (Lipinski definition) is 3. The van der Waals surface area contributed by atoms with E-state index in [0.717, 1.165) is 16.3 Å². The molecule has 3 aromatic rings. The minimum absolute atomic E-state index is 0.0152. The number of aromatic nitrogens is 1. The molecule has 0 aliphatic rings. The molecule has 0 saturated heterocycles. The highest BCUT2D eigenvalue weighted by atomic mass is 32.1. The Bertz CT molecular complexity index is 1020. The number of aryl methyl sites for hydroxylation is 1. The summed E-state index contributed by atoms with van der Waals surface area (Å²) >= 11 is 1.57. The molecule has 6 nitrogen and oxygen atoms in total. The van der Waals surface area contributed by atoms with Crippen LogP contribution in [-0.2, 0) is 11.2 Å². The molecule has 0 unspecified atom stereocenters. The quantitative estimate of drug-likeness (QED) is 0.554. The number of nitrogens with one attached hydrogen (secondary N) is 3. The van der Waals surface area contributed by atoms with Crippen molar-refractivity contribution in [1.82, 2.24) is 10.3 Å². The molecule has 0 bridgehead atoms. The Kier molecular flexibility index (Phi) is 6.56. The van der Waals surface area contributed by atoms with Crippen LogP contribution >= 0.6 is 11.3 Å². The van der Waals surface area contributed by atoms with Crippen molar-refractivity contribution in [2.24, 2.45) is 0 Å². The lowest BCUT2D eigenvalue weighted by atomic mass is 10.2. The molecule has 0 fully saturated rings. The molecule has 3 rings (SSSR count). The van der Waals surface area contributed by atoms with Crippen LogP contribution in [0.5, 0.6) is 0 Å². The lowest BCUT2D eigenvalue weighted by molar-refractivity contribution is -0.114. The van der Waals surface area contributed by atoms with E-state index in [1.807, 2.05) is 24.4 Å². The summed E-state index contributed by atoms with van der Waals surface area (Å²) in [5, 5.41) is 10.7. The van der Waals surface area contributed by atoms with Crippen molar-refractivity contribution in [3.63, 3.8) is 0 Å². The van der Waals surface area contributed by atoms with E-state index < -0.39 is 17.8 Å². The number of benzene rings is 2. The maximum absolute atomic E-state index is 13.7. The van der Waals surface area contributed by atoms with Gasteiger partial charge in [0.2, 0.25) is 5.91 Å². The molecule has 0 aliphatic carbocycles. The molecule has 0 saturated carbocycles. The molecule has 3 N–H and O–H groups in total. The Morgan fingerprint density at radius 1 is 1.10 bits per heavy atom. The van der Waals surface area contributed by atoms with Crippen molar-refractivity contribution in [2.45, 2.75) is 20.3 Å². The molecule has 0 spiro atoms. The number of amides is 3. The lowest BCUT2D eigenvalue weighted by Crippen LogP contribution is -2.30. The van der Waals surface area contributed by atoms with Crippen LogP contribution in [0, 0.1) is 12.7 Å². The van der Waals surface area contributed by atoms with Crippen molar-refractivity contribution < 1.29 is 14.0 Å². The number of halogens is 1. The first-order chi connectivity index (χ1) is 13.9. The number of carbonyl (C=O) groups excluding carboxylic acids is 2. The zero-order valence-electron chi connectivity index (χ0n) is 16.1. The Morgan fingerprint density at radius 2 is 1.86 bits per heavy atom. The molecule has 1 heterocycles. The number of anilines is 2. The summed E-state index contributed by atoms with van der Waals surface area (Å²) in [5.74, 6) is -0.960. The normalized spacial score (nSPS) is 10.4. The summed E-state index contributed by atoms with van der Waals surface area (Å²) in [5.41, 5.74) is 3.57. The number of carbonyl (C=O) groups is 2. The van der Waals surface area contributed by atoms with E-state index in [9.17, 15) is 14.0 Å². The van der Waals surface area contributed by atoms with Gasteiger partial charge < -0.3 is 16.0 Å². The fraction of sp³-hybridized carbons (Fsp3) is 0.190. The standard InChI is InChI=1S/C21H21FN4O2S/c1-13-3-5-15(6-4-13)20-25-17(12-29-20)9-10-23-21(28)26-16-7-8-18(22)19(11-16)24-14(2)27/h3-8,11-12H,9-10H2,1-2H3,(H,24,27)(H2,23,26,28). The minimum atomic E-state index is -0.570. The molecular weight excluding hydrogens is 391 g/mol. The summed E-state index contributed by atoms with van der Waals surface area (Å²) in [6.45, 7) is 3.73. The monoisotopic (exact) mass is 412 g/mol. The van der Waals surface area contributed by atoms with Crippen LogP contribution in [0.3, 0.4) is 0 Å². The highest BCUT2D eigenvalue weighted by Gasteiger charge is 2.09. The van der Waals surface area contributed by atoms with Crippen molar-refractivity contribution in [1.29, 1.82) is 0 Å². The van der Waals surface area contributed by atoms with Gasteiger partial charge in [0.25, 0.3) is 0 Å². The van der Waals surface area contributed by atoms with Gasteiger partial charge in [-0.3, -0.25) is 4.79 Å². The zero-order valence-corrected chi connectivity index (χ0v) is 16.9. The van der Waals surface area contributed by atoms with Crippen molar-refractivity contribution in [3.8, 4) is 10.6 Å². The number of nitrogens with zero attached hydrogens (tertiary/aromatic N) is 1. The number of hydrogen-bond acceptors (Lipinski definition) is 4. The zero-order chi connectivity index (χ0) is 20.8. The van der Waals surface area contributed by atoms with Crippen LogP contribution in [0.1, 0.15) is 18.2 Å². The molecule has 0 atom stereocenters. The van der Waals surface area contributed by atoms with Crippen LogP contribution in [0.4, 0.5) is 20.6 Å². The van der Waals surface area contributed by atoms with Crippen molar-refractivity contribution >= 4 is 34.6 Å². The largest absolute Gasteiger partial charge is 0.337 e. The molecule has 29 heavy (non-hydrogen) atoms. The fourth-order valence-corrected chi connectivity index (χ4v) is 3.48. The van der Waals surface area contributed by atoms with Gasteiger partial charge in [0.15, 0.2) is 0 Å². The predicted molar refractivity (Wildman–Crippen MR) is 114 cm³/mol. The van der Waals surface area contributed by atoms with Gasteiger partial charge in [-0.1, -0.05) is 29.8 Å². The van der Waals surface area contributed by atoms with Crippen LogP contribution in [0.2, 0.25) is 0 Å². The molecule has 0 radical (unpaired) electrons. The van der Waals surface area contributed by atoms with E-state index in [-0.39, 0.29) is 5.69 Å². The maximum atomic E-state index is 13.7. The van der Waals surface area contributed by atoms with E-state index in [4.69, 9.17) is 0 Å². The van der Waals surface area contributed by atoms with Gasteiger partial charge in [-0.05, 0) is 25.1 Å². The van der Waals surface area contributed by atoms with Gasteiger partial charge in [0.1, 0.15) is 10.8 Å². The number of rotatable bonds is 6. The Labute approximate surface area is 172 Å². The molecule has 1 aromatic heterocycles. The predicted octanol–water partition coefficient (Wildman–Crippen LogP) is 4.58. The number of thiazole rings is 1. The van der Waals surface area contributed by atoms with Crippen molar-refractivity contribution in [2.75, 3.05) is 17.2 Å². The summed E-state index contributed by atoms with van der Waals surface area (Å²) < 4.78 is 13.7. The summed E-state index contributed by atoms with van der Waals surface area (Å²) in [4.78, 5) is 27.8. The van der Waals surface area contributed by atoms with E-state index in [1.54, 1.807) is 11.3 Å². The molecule has 8 heteroatoms. The lowest BCUT2D eigenvalue weighted by Gasteiger charge is -2.09. The van der Waals surface area contributed by atoms with Gasteiger partial charge in [-0.15, -0.1) is 11.3 Å². The number of urea groups is 1. The second kappa shape index (κ2) is 9.29. The Balaban J connectivity index is 1.50. The Morgan fingerprint density at radius 3 is 2.59 bits per heavy atom. The van der Waals surface area contributed by atoms with Crippen LogP contribution in [0.25, 0.3) is 10.6 Å². The smallest absolute Gasteiger partial charge is 0.319 e.